The Morgan fingerprint density at radius 2 is 1.94 bits per heavy atom. The number of hydrazone groups is 1. The second-order valence-corrected chi connectivity index (χ2v) is 9.54. The molecule has 2 unspecified atom stereocenters. The van der Waals surface area contributed by atoms with Gasteiger partial charge in [-0.25, -0.2) is 5.43 Å². The highest BCUT2D eigenvalue weighted by Crippen LogP contribution is 2.45. The zero-order valence-electron chi connectivity index (χ0n) is 19.2. The van der Waals surface area contributed by atoms with E-state index >= 15 is 0 Å². The molecule has 7 nitrogen and oxygen atoms in total. The number of nitrogens with zero attached hydrogens (tertiary/aromatic N) is 4. The topological polar surface area (TPSA) is 86.3 Å². The third-order valence-corrected chi connectivity index (χ3v) is 7.27. The van der Waals surface area contributed by atoms with Crippen LogP contribution in [0.25, 0.3) is 6.08 Å². The highest BCUT2D eigenvalue weighted by Gasteiger charge is 2.32. The molecule has 3 aliphatic rings. The monoisotopic (exact) mass is 432 g/mol. The van der Waals surface area contributed by atoms with E-state index < -0.39 is 0 Å². The SMILES string of the molecule is Cc1[nH]c(/C=C2/C(=O)NN=C2c2ccnnc2)c(C2CC2)c1CCCN1C(C)CCC1C. The van der Waals surface area contributed by atoms with Gasteiger partial charge >= 0.3 is 0 Å². The average Bonchev–Trinajstić information content (AvgIpc) is 3.40. The van der Waals surface area contributed by atoms with E-state index in [0.29, 0.717) is 29.3 Å². The molecule has 2 fully saturated rings. The van der Waals surface area contributed by atoms with Crippen molar-refractivity contribution < 1.29 is 4.79 Å². The molecule has 2 aromatic rings. The molecule has 168 valence electrons. The number of carbonyl (C=O) groups is 1. The lowest BCUT2D eigenvalue weighted by Gasteiger charge is -2.25. The molecule has 2 aromatic heterocycles. The van der Waals surface area contributed by atoms with E-state index in [-0.39, 0.29) is 5.91 Å². The van der Waals surface area contributed by atoms with Crippen LogP contribution in [0.3, 0.4) is 0 Å². The second kappa shape index (κ2) is 8.62. The van der Waals surface area contributed by atoms with Gasteiger partial charge in [0.1, 0.15) is 5.71 Å². The van der Waals surface area contributed by atoms with Gasteiger partial charge in [-0.1, -0.05) is 0 Å². The highest BCUT2D eigenvalue weighted by molar-refractivity contribution is 6.33. The summed E-state index contributed by atoms with van der Waals surface area (Å²) in [7, 11) is 0. The summed E-state index contributed by atoms with van der Waals surface area (Å²) in [6.07, 6.45) is 12.6. The fourth-order valence-corrected chi connectivity index (χ4v) is 5.38. The lowest BCUT2D eigenvalue weighted by molar-refractivity contribution is -0.116. The van der Waals surface area contributed by atoms with E-state index in [4.69, 9.17) is 0 Å². The van der Waals surface area contributed by atoms with Crippen LogP contribution in [0.1, 0.15) is 79.9 Å². The van der Waals surface area contributed by atoms with Gasteiger partial charge in [0.05, 0.1) is 18.0 Å². The van der Waals surface area contributed by atoms with Crippen LogP contribution in [0.2, 0.25) is 0 Å². The first-order valence-corrected chi connectivity index (χ1v) is 11.9. The Hall–Kier alpha value is -2.80. The zero-order valence-corrected chi connectivity index (χ0v) is 19.2. The summed E-state index contributed by atoms with van der Waals surface area (Å²) in [6, 6.07) is 3.22. The van der Waals surface area contributed by atoms with Crippen LogP contribution in [0.15, 0.2) is 29.1 Å². The Morgan fingerprint density at radius 3 is 2.62 bits per heavy atom. The van der Waals surface area contributed by atoms with Crippen molar-refractivity contribution in [3.05, 3.63) is 52.1 Å². The molecule has 1 aliphatic carbocycles. The molecule has 5 rings (SSSR count). The first-order chi connectivity index (χ1) is 15.5. The van der Waals surface area contributed by atoms with Gasteiger partial charge in [0.15, 0.2) is 0 Å². The van der Waals surface area contributed by atoms with Crippen molar-refractivity contribution in [2.75, 3.05) is 6.54 Å². The number of nitrogens with one attached hydrogen (secondary N) is 2. The maximum Gasteiger partial charge on any atom is 0.273 e. The molecular formula is C25H32N6O. The fraction of sp³-hybridized carbons (Fsp3) is 0.520. The van der Waals surface area contributed by atoms with Crippen molar-refractivity contribution in [1.82, 2.24) is 25.5 Å². The van der Waals surface area contributed by atoms with Crippen molar-refractivity contribution in [3.8, 4) is 0 Å². The maximum absolute atomic E-state index is 12.6. The largest absolute Gasteiger partial charge is 0.359 e. The van der Waals surface area contributed by atoms with Crippen LogP contribution in [-0.2, 0) is 11.2 Å². The summed E-state index contributed by atoms with van der Waals surface area (Å²) in [5.74, 6) is 0.420. The molecular weight excluding hydrogens is 400 g/mol. The molecule has 0 aromatic carbocycles. The first-order valence-electron chi connectivity index (χ1n) is 11.9. The molecule has 7 heteroatoms. The second-order valence-electron chi connectivity index (χ2n) is 9.54. The van der Waals surface area contributed by atoms with Crippen LogP contribution in [-0.4, -0.2) is 50.3 Å². The third-order valence-electron chi connectivity index (χ3n) is 7.27. The Morgan fingerprint density at radius 1 is 1.16 bits per heavy atom. The summed E-state index contributed by atoms with van der Waals surface area (Å²) in [6.45, 7) is 8.03. The summed E-state index contributed by atoms with van der Waals surface area (Å²) < 4.78 is 0. The molecule has 2 N–H and O–H groups in total. The number of hydrogen-bond donors (Lipinski definition) is 2. The highest BCUT2D eigenvalue weighted by atomic mass is 16.2. The van der Waals surface area contributed by atoms with Gasteiger partial charge in [0.2, 0.25) is 0 Å². The Labute approximate surface area is 189 Å². The zero-order chi connectivity index (χ0) is 22.2. The molecule has 32 heavy (non-hydrogen) atoms. The van der Waals surface area contributed by atoms with Gasteiger partial charge in [-0.05, 0) is 95.0 Å². The van der Waals surface area contributed by atoms with E-state index in [1.54, 1.807) is 12.4 Å². The van der Waals surface area contributed by atoms with E-state index in [0.717, 1.165) is 24.2 Å². The third kappa shape index (κ3) is 4.01. The van der Waals surface area contributed by atoms with E-state index in [1.165, 1.54) is 48.9 Å². The molecule has 4 heterocycles. The molecule has 2 atom stereocenters. The van der Waals surface area contributed by atoms with Crippen molar-refractivity contribution in [2.24, 2.45) is 5.10 Å². The van der Waals surface area contributed by atoms with Crippen molar-refractivity contribution >= 4 is 17.7 Å². The van der Waals surface area contributed by atoms with Crippen LogP contribution in [0.5, 0.6) is 0 Å². The lowest BCUT2D eigenvalue weighted by Crippen LogP contribution is -2.33. The molecule has 0 bridgehead atoms. The molecule has 1 amide bonds. The van der Waals surface area contributed by atoms with Gasteiger partial charge in [0, 0.05) is 29.0 Å². The number of carbonyl (C=O) groups excluding carboxylic acids is 1. The normalized spacial score (nSPS) is 24.9. The first kappa shape index (κ1) is 21.1. The van der Waals surface area contributed by atoms with Crippen LogP contribution < -0.4 is 5.43 Å². The number of aryl methyl sites for hydroxylation is 1. The summed E-state index contributed by atoms with van der Waals surface area (Å²) in [5.41, 5.74) is 9.74. The predicted molar refractivity (Wildman–Crippen MR) is 125 cm³/mol. The number of rotatable bonds is 7. The number of likely N-dealkylation sites (tertiary alicyclic amines) is 1. The van der Waals surface area contributed by atoms with Gasteiger partial charge in [0.25, 0.3) is 5.91 Å². The number of aromatic amines is 1. The fourth-order valence-electron chi connectivity index (χ4n) is 5.38. The van der Waals surface area contributed by atoms with Crippen LogP contribution in [0.4, 0.5) is 0 Å². The molecule has 0 radical (unpaired) electrons. The van der Waals surface area contributed by atoms with Gasteiger partial charge < -0.3 is 4.98 Å². The quantitative estimate of drug-likeness (QED) is 0.653. The van der Waals surface area contributed by atoms with Crippen LogP contribution in [0, 0.1) is 6.92 Å². The summed E-state index contributed by atoms with van der Waals surface area (Å²) in [5, 5.41) is 12.0. The van der Waals surface area contributed by atoms with Gasteiger partial charge in [-0.3, -0.25) is 9.69 Å². The maximum atomic E-state index is 12.6. The molecule has 2 aliphatic heterocycles. The Kier molecular flexibility index (Phi) is 5.67. The van der Waals surface area contributed by atoms with Gasteiger partial charge in [-0.15, -0.1) is 0 Å². The van der Waals surface area contributed by atoms with Gasteiger partial charge in [-0.2, -0.15) is 15.3 Å². The summed E-state index contributed by atoms with van der Waals surface area (Å²) >= 11 is 0. The van der Waals surface area contributed by atoms with Crippen LogP contribution >= 0.6 is 0 Å². The van der Waals surface area contributed by atoms with E-state index in [1.807, 2.05) is 12.1 Å². The Bertz CT molecular complexity index is 1060. The standard InChI is InChI=1S/C25H32N6O/c1-15-6-7-16(2)31(15)12-4-5-20-17(3)28-22(23(20)18-8-9-18)13-21-24(29-30-25(21)32)19-10-11-26-27-14-19/h10-11,13-16,18,28H,4-9,12H2,1-3H3,(H,30,32)/b21-13+. The number of aromatic nitrogens is 3. The van der Waals surface area contributed by atoms with Crippen molar-refractivity contribution in [2.45, 2.75) is 77.3 Å². The summed E-state index contributed by atoms with van der Waals surface area (Å²) in [4.78, 5) is 18.8. The number of hydrogen-bond acceptors (Lipinski definition) is 5. The molecule has 1 saturated heterocycles. The van der Waals surface area contributed by atoms with Crippen molar-refractivity contribution in [1.29, 1.82) is 0 Å². The Balaban J connectivity index is 1.40. The minimum Gasteiger partial charge on any atom is -0.359 e. The molecule has 1 saturated carbocycles. The van der Waals surface area contributed by atoms with Crippen molar-refractivity contribution in [3.63, 3.8) is 0 Å². The predicted octanol–water partition coefficient (Wildman–Crippen LogP) is 3.71. The van der Waals surface area contributed by atoms with E-state index in [2.05, 4.69) is 51.4 Å². The molecule has 0 spiro atoms. The number of H-pyrrole nitrogens is 1. The number of amides is 1. The lowest BCUT2D eigenvalue weighted by atomic mass is 9.97. The average molecular weight is 433 g/mol. The smallest absolute Gasteiger partial charge is 0.273 e. The minimum atomic E-state index is -0.177. The minimum absolute atomic E-state index is 0.177. The van der Waals surface area contributed by atoms with E-state index in [9.17, 15) is 4.79 Å².